The molecule has 1 atom stereocenters. The first-order valence-corrected chi connectivity index (χ1v) is 10.5. The number of hydrogen-bond donors (Lipinski definition) is 0. The van der Waals surface area contributed by atoms with Crippen molar-refractivity contribution >= 4 is 11.6 Å². The van der Waals surface area contributed by atoms with Gasteiger partial charge >= 0.3 is 0 Å². The number of aryl methyl sites for hydroxylation is 1. The molecule has 0 bridgehead atoms. The van der Waals surface area contributed by atoms with Crippen molar-refractivity contribution in [2.24, 2.45) is 0 Å². The van der Waals surface area contributed by atoms with Gasteiger partial charge in [0.2, 0.25) is 0 Å². The van der Waals surface area contributed by atoms with Gasteiger partial charge in [-0.25, -0.2) is 4.39 Å². The quantitative estimate of drug-likeness (QED) is 0.496. The Kier molecular flexibility index (Phi) is 6.29. The second-order valence-electron chi connectivity index (χ2n) is 7.84. The summed E-state index contributed by atoms with van der Waals surface area (Å²) < 4.78 is 13.3. The predicted molar refractivity (Wildman–Crippen MR) is 117 cm³/mol. The van der Waals surface area contributed by atoms with Gasteiger partial charge < -0.3 is 0 Å². The van der Waals surface area contributed by atoms with Gasteiger partial charge in [-0.15, -0.1) is 0 Å². The summed E-state index contributed by atoms with van der Waals surface area (Å²) in [5.74, 6) is -0.195. The molecule has 4 rings (SSSR count). The lowest BCUT2D eigenvalue weighted by atomic mass is 10.0. The predicted octanol–water partition coefficient (Wildman–Crippen LogP) is 6.19. The smallest absolute Gasteiger partial charge is 0.123 e. The van der Waals surface area contributed by atoms with Crippen LogP contribution in [-0.4, -0.2) is 22.9 Å². The minimum Gasteiger partial charge on any atom is -0.280 e. The monoisotopic (exact) mass is 408 g/mol. The van der Waals surface area contributed by atoms with Crippen LogP contribution in [-0.2, 0) is 13.1 Å². The van der Waals surface area contributed by atoms with E-state index in [1.54, 1.807) is 0 Å². The third-order valence-electron chi connectivity index (χ3n) is 5.53. The second kappa shape index (κ2) is 9.08. The van der Waals surface area contributed by atoms with E-state index in [0.717, 1.165) is 43.2 Å². The summed E-state index contributed by atoms with van der Waals surface area (Å²) in [5.41, 5.74) is 4.91. The molecule has 0 aliphatic carbocycles. The van der Waals surface area contributed by atoms with E-state index < -0.39 is 0 Å². The lowest BCUT2D eigenvalue weighted by Crippen LogP contribution is -2.46. The van der Waals surface area contributed by atoms with Crippen molar-refractivity contribution in [2.75, 3.05) is 13.1 Å². The molecular weight excluding hydrogens is 383 g/mol. The zero-order valence-electron chi connectivity index (χ0n) is 16.7. The minimum absolute atomic E-state index is 0.133. The van der Waals surface area contributed by atoms with E-state index >= 15 is 0 Å². The summed E-state index contributed by atoms with van der Waals surface area (Å²) in [6.45, 7) is 5.81. The maximum atomic E-state index is 13.3. The highest BCUT2D eigenvalue weighted by molar-refractivity contribution is 6.30. The minimum atomic E-state index is -0.195. The third kappa shape index (κ3) is 5.05. The number of halogens is 2. The van der Waals surface area contributed by atoms with Gasteiger partial charge in [-0.05, 0) is 54.3 Å². The van der Waals surface area contributed by atoms with Crippen LogP contribution < -0.4 is 0 Å². The van der Waals surface area contributed by atoms with Gasteiger partial charge in [0.05, 0.1) is 6.17 Å². The Bertz CT molecular complexity index is 884. The van der Waals surface area contributed by atoms with Crippen LogP contribution in [0.25, 0.3) is 0 Å². The highest BCUT2D eigenvalue weighted by Gasteiger charge is 2.30. The Labute approximate surface area is 177 Å². The molecule has 0 spiro atoms. The summed E-state index contributed by atoms with van der Waals surface area (Å²) in [6, 6.07) is 23.8. The molecule has 1 saturated heterocycles. The fraction of sp³-hybridized carbons (Fsp3) is 0.280. The normalized spacial score (nSPS) is 18.1. The van der Waals surface area contributed by atoms with Crippen molar-refractivity contribution in [3.8, 4) is 0 Å². The number of benzene rings is 3. The van der Waals surface area contributed by atoms with Crippen LogP contribution in [0.4, 0.5) is 4.39 Å². The summed E-state index contributed by atoms with van der Waals surface area (Å²) >= 11 is 6.34. The van der Waals surface area contributed by atoms with E-state index in [0.29, 0.717) is 0 Å². The van der Waals surface area contributed by atoms with Crippen molar-refractivity contribution in [3.63, 3.8) is 0 Å². The van der Waals surface area contributed by atoms with E-state index in [1.165, 1.54) is 28.8 Å². The average molecular weight is 409 g/mol. The lowest BCUT2D eigenvalue weighted by Gasteiger charge is -2.44. The second-order valence-corrected chi connectivity index (χ2v) is 8.27. The number of rotatable bonds is 5. The van der Waals surface area contributed by atoms with Crippen LogP contribution in [0, 0.1) is 12.7 Å². The molecule has 3 aromatic carbocycles. The molecule has 29 heavy (non-hydrogen) atoms. The zero-order chi connectivity index (χ0) is 20.2. The first-order valence-electron chi connectivity index (χ1n) is 10.1. The van der Waals surface area contributed by atoms with Gasteiger partial charge in [0.15, 0.2) is 0 Å². The molecule has 2 nitrogen and oxygen atoms in total. The molecule has 4 heteroatoms. The van der Waals surface area contributed by atoms with Crippen molar-refractivity contribution in [3.05, 3.63) is 106 Å². The Morgan fingerprint density at radius 2 is 1.45 bits per heavy atom. The standard InChI is InChI=1S/C25H26ClFN2/c1-19-6-8-20(9-7-19)17-28-14-3-15-29(18-21-10-12-24(27)13-11-21)25(28)22-4-2-5-23(26)16-22/h2,4-13,16,25H,3,14-15,17-18H2,1H3/t25-/m1/s1. The topological polar surface area (TPSA) is 6.48 Å². The van der Waals surface area contributed by atoms with E-state index in [2.05, 4.69) is 53.1 Å². The number of hydrogen-bond acceptors (Lipinski definition) is 2. The molecule has 1 aliphatic rings. The fourth-order valence-corrected chi connectivity index (χ4v) is 4.32. The Balaban J connectivity index is 1.63. The average Bonchev–Trinajstić information content (AvgIpc) is 2.72. The molecule has 0 radical (unpaired) electrons. The first kappa shape index (κ1) is 20.1. The summed E-state index contributed by atoms with van der Waals surface area (Å²) in [5, 5.41) is 0.755. The zero-order valence-corrected chi connectivity index (χ0v) is 17.4. The van der Waals surface area contributed by atoms with Crippen molar-refractivity contribution in [2.45, 2.75) is 32.6 Å². The Morgan fingerprint density at radius 3 is 2.03 bits per heavy atom. The molecule has 0 unspecified atom stereocenters. The lowest BCUT2D eigenvalue weighted by molar-refractivity contribution is -0.00909. The highest BCUT2D eigenvalue weighted by atomic mass is 35.5. The van der Waals surface area contributed by atoms with Crippen LogP contribution in [0.1, 0.15) is 34.8 Å². The first-order chi connectivity index (χ1) is 14.1. The molecule has 1 aliphatic heterocycles. The van der Waals surface area contributed by atoms with Crippen LogP contribution in [0.15, 0.2) is 72.8 Å². The molecule has 0 aromatic heterocycles. The van der Waals surface area contributed by atoms with Crippen molar-refractivity contribution in [1.29, 1.82) is 0 Å². The van der Waals surface area contributed by atoms with E-state index in [1.807, 2.05) is 24.3 Å². The van der Waals surface area contributed by atoms with Gasteiger partial charge in [-0.1, -0.05) is 65.7 Å². The van der Waals surface area contributed by atoms with Crippen molar-refractivity contribution in [1.82, 2.24) is 9.80 Å². The summed E-state index contributed by atoms with van der Waals surface area (Å²) in [6.07, 6.45) is 1.23. The van der Waals surface area contributed by atoms with Crippen LogP contribution in [0.2, 0.25) is 5.02 Å². The van der Waals surface area contributed by atoms with Crippen molar-refractivity contribution < 1.29 is 4.39 Å². The Morgan fingerprint density at radius 1 is 0.862 bits per heavy atom. The highest BCUT2D eigenvalue weighted by Crippen LogP contribution is 2.33. The molecule has 3 aromatic rings. The molecular formula is C25H26ClFN2. The number of nitrogens with zero attached hydrogens (tertiary/aromatic N) is 2. The van der Waals surface area contributed by atoms with Gasteiger partial charge in [0.25, 0.3) is 0 Å². The maximum absolute atomic E-state index is 13.3. The molecule has 0 amide bonds. The maximum Gasteiger partial charge on any atom is 0.123 e. The van der Waals surface area contributed by atoms with E-state index in [4.69, 9.17) is 11.6 Å². The SMILES string of the molecule is Cc1ccc(CN2CCCN(Cc3ccc(F)cc3)[C@@H]2c2cccc(Cl)c2)cc1. The molecule has 1 fully saturated rings. The fourth-order valence-electron chi connectivity index (χ4n) is 4.12. The third-order valence-corrected chi connectivity index (χ3v) is 5.77. The van der Waals surface area contributed by atoms with Gasteiger partial charge in [0, 0.05) is 31.2 Å². The van der Waals surface area contributed by atoms with Crippen LogP contribution in [0.3, 0.4) is 0 Å². The van der Waals surface area contributed by atoms with Crippen LogP contribution in [0.5, 0.6) is 0 Å². The van der Waals surface area contributed by atoms with E-state index in [-0.39, 0.29) is 12.0 Å². The molecule has 0 N–H and O–H groups in total. The van der Waals surface area contributed by atoms with Gasteiger partial charge in [-0.2, -0.15) is 0 Å². The summed E-state index contributed by atoms with van der Waals surface area (Å²) in [4.78, 5) is 4.99. The largest absolute Gasteiger partial charge is 0.280 e. The van der Waals surface area contributed by atoms with Gasteiger partial charge in [-0.3, -0.25) is 9.80 Å². The summed E-state index contributed by atoms with van der Waals surface area (Å²) in [7, 11) is 0. The molecule has 0 saturated carbocycles. The van der Waals surface area contributed by atoms with E-state index in [9.17, 15) is 4.39 Å². The van der Waals surface area contributed by atoms with Gasteiger partial charge in [0.1, 0.15) is 5.82 Å². The van der Waals surface area contributed by atoms with Crippen LogP contribution >= 0.6 is 11.6 Å². The molecule has 150 valence electrons. The molecule has 1 heterocycles. The Hall–Kier alpha value is -2.20.